The third-order valence-electron chi connectivity index (χ3n) is 6.00. The maximum absolute atomic E-state index is 13.4. The van der Waals surface area contributed by atoms with Crippen LogP contribution in [0.3, 0.4) is 0 Å². The maximum atomic E-state index is 13.4. The molecular weight excluding hydrogens is 426 g/mol. The molecule has 0 spiro atoms. The van der Waals surface area contributed by atoms with E-state index in [4.69, 9.17) is 4.74 Å². The van der Waals surface area contributed by atoms with E-state index >= 15 is 0 Å². The molecule has 8 heteroatoms. The van der Waals surface area contributed by atoms with Crippen molar-refractivity contribution >= 4 is 27.3 Å². The molecule has 0 aromatic heterocycles. The standard InChI is InChI=1S/C24H31N3O4S/c1-18-14-19(2)16-20(15-18)25-24(28)22-17-21(32(29,30)27-8-4-3-5-9-27)6-7-23(22)26-10-12-31-13-11-26/h6-7,14-17H,3-5,8-13H2,1-2H3,(H,25,28). The first-order valence-electron chi connectivity index (χ1n) is 11.2. The quantitative estimate of drug-likeness (QED) is 0.743. The van der Waals surface area contributed by atoms with Gasteiger partial charge in [-0.25, -0.2) is 8.42 Å². The summed E-state index contributed by atoms with van der Waals surface area (Å²) in [7, 11) is -3.64. The minimum atomic E-state index is -3.64. The van der Waals surface area contributed by atoms with Crippen molar-refractivity contribution in [2.45, 2.75) is 38.0 Å². The second-order valence-electron chi connectivity index (χ2n) is 8.57. The van der Waals surface area contributed by atoms with E-state index in [1.165, 1.54) is 10.4 Å². The van der Waals surface area contributed by atoms with E-state index in [2.05, 4.69) is 10.2 Å². The molecule has 2 aromatic rings. The molecule has 1 amide bonds. The molecule has 0 bridgehead atoms. The van der Waals surface area contributed by atoms with Gasteiger partial charge >= 0.3 is 0 Å². The topological polar surface area (TPSA) is 79.0 Å². The fourth-order valence-electron chi connectivity index (χ4n) is 4.44. The Morgan fingerprint density at radius 1 is 0.906 bits per heavy atom. The summed E-state index contributed by atoms with van der Waals surface area (Å²) in [4.78, 5) is 15.6. The van der Waals surface area contributed by atoms with Crippen LogP contribution in [0.4, 0.5) is 11.4 Å². The van der Waals surface area contributed by atoms with Crippen LogP contribution in [0.1, 0.15) is 40.7 Å². The first-order valence-corrected chi connectivity index (χ1v) is 12.7. The molecule has 0 radical (unpaired) electrons. The summed E-state index contributed by atoms with van der Waals surface area (Å²) in [5, 5.41) is 2.97. The van der Waals surface area contributed by atoms with Gasteiger partial charge in [-0.15, -0.1) is 0 Å². The average molecular weight is 458 g/mol. The van der Waals surface area contributed by atoms with Gasteiger partial charge in [-0.2, -0.15) is 4.31 Å². The molecule has 2 fully saturated rings. The Balaban J connectivity index is 1.71. The number of hydrogen-bond acceptors (Lipinski definition) is 5. The Kier molecular flexibility index (Phi) is 6.83. The van der Waals surface area contributed by atoms with Crippen molar-refractivity contribution in [2.24, 2.45) is 0 Å². The maximum Gasteiger partial charge on any atom is 0.257 e. The third kappa shape index (κ3) is 4.98. The molecule has 0 unspecified atom stereocenters. The summed E-state index contributed by atoms with van der Waals surface area (Å²) >= 11 is 0. The number of rotatable bonds is 5. The Hall–Kier alpha value is -2.42. The molecule has 0 atom stereocenters. The number of sulfonamides is 1. The van der Waals surface area contributed by atoms with Gasteiger partial charge in [0.25, 0.3) is 5.91 Å². The highest BCUT2D eigenvalue weighted by atomic mass is 32.2. The van der Waals surface area contributed by atoms with Crippen LogP contribution in [-0.2, 0) is 14.8 Å². The second-order valence-corrected chi connectivity index (χ2v) is 10.5. The predicted molar refractivity (Wildman–Crippen MR) is 126 cm³/mol. The molecule has 7 nitrogen and oxygen atoms in total. The number of benzene rings is 2. The summed E-state index contributed by atoms with van der Waals surface area (Å²) in [6.07, 6.45) is 2.78. The monoisotopic (exact) mass is 457 g/mol. The molecule has 2 aliphatic heterocycles. The van der Waals surface area contributed by atoms with Crippen LogP contribution in [0.2, 0.25) is 0 Å². The molecule has 2 aliphatic rings. The smallest absolute Gasteiger partial charge is 0.257 e. The molecule has 0 aliphatic carbocycles. The number of amides is 1. The number of nitrogens with zero attached hydrogens (tertiary/aromatic N) is 2. The van der Waals surface area contributed by atoms with Gasteiger partial charge in [-0.05, 0) is 68.1 Å². The third-order valence-corrected chi connectivity index (χ3v) is 7.89. The highest BCUT2D eigenvalue weighted by Crippen LogP contribution is 2.29. The predicted octanol–water partition coefficient (Wildman–Crippen LogP) is 3.57. The minimum Gasteiger partial charge on any atom is -0.378 e. The molecule has 2 saturated heterocycles. The van der Waals surface area contributed by atoms with Crippen LogP contribution in [0.5, 0.6) is 0 Å². The van der Waals surface area contributed by atoms with Crippen molar-refractivity contribution < 1.29 is 17.9 Å². The lowest BCUT2D eigenvalue weighted by molar-refractivity contribution is 0.102. The van der Waals surface area contributed by atoms with E-state index in [-0.39, 0.29) is 10.8 Å². The summed E-state index contributed by atoms with van der Waals surface area (Å²) in [5.41, 5.74) is 3.90. The van der Waals surface area contributed by atoms with E-state index in [1.54, 1.807) is 12.1 Å². The van der Waals surface area contributed by atoms with Gasteiger partial charge in [-0.1, -0.05) is 12.5 Å². The van der Waals surface area contributed by atoms with Crippen LogP contribution in [0.15, 0.2) is 41.3 Å². The number of piperidine rings is 1. The number of aryl methyl sites for hydroxylation is 2. The van der Waals surface area contributed by atoms with Crippen LogP contribution >= 0.6 is 0 Å². The minimum absolute atomic E-state index is 0.169. The summed E-state index contributed by atoms with van der Waals surface area (Å²) in [5.74, 6) is -0.313. The number of morpholine rings is 1. The van der Waals surface area contributed by atoms with E-state index in [9.17, 15) is 13.2 Å². The SMILES string of the molecule is Cc1cc(C)cc(NC(=O)c2cc(S(=O)(=O)N3CCCCC3)ccc2N2CCOCC2)c1. The number of carbonyl (C=O) groups is 1. The second kappa shape index (κ2) is 9.60. The van der Waals surface area contributed by atoms with Crippen molar-refractivity contribution in [3.05, 3.63) is 53.1 Å². The summed E-state index contributed by atoms with van der Waals surface area (Å²) in [6, 6.07) is 10.8. The molecule has 2 aromatic carbocycles. The van der Waals surface area contributed by atoms with Gasteiger partial charge < -0.3 is 15.0 Å². The fourth-order valence-corrected chi connectivity index (χ4v) is 5.98. The number of ether oxygens (including phenoxy) is 1. The summed E-state index contributed by atoms with van der Waals surface area (Å²) in [6.45, 7) is 7.47. The lowest BCUT2D eigenvalue weighted by Gasteiger charge is -2.31. The van der Waals surface area contributed by atoms with Gasteiger partial charge in [0.2, 0.25) is 10.0 Å². The molecular formula is C24H31N3O4S. The Morgan fingerprint density at radius 3 is 2.22 bits per heavy atom. The Bertz CT molecular complexity index is 1070. The fraction of sp³-hybridized carbons (Fsp3) is 0.458. The van der Waals surface area contributed by atoms with Crippen molar-refractivity contribution in [3.63, 3.8) is 0 Å². The molecule has 172 valence electrons. The lowest BCUT2D eigenvalue weighted by atomic mass is 10.1. The van der Waals surface area contributed by atoms with E-state index in [0.717, 1.165) is 36.1 Å². The van der Waals surface area contributed by atoms with Crippen molar-refractivity contribution in [1.29, 1.82) is 0 Å². The van der Waals surface area contributed by atoms with E-state index in [1.807, 2.05) is 32.0 Å². The molecule has 4 rings (SSSR count). The first kappa shape index (κ1) is 22.8. The van der Waals surface area contributed by atoms with Crippen LogP contribution in [0, 0.1) is 13.8 Å². The van der Waals surface area contributed by atoms with Gasteiger partial charge in [0, 0.05) is 37.6 Å². The number of nitrogens with one attached hydrogen (secondary N) is 1. The van der Waals surface area contributed by atoms with Gasteiger partial charge in [0.05, 0.1) is 23.7 Å². The Labute approximate surface area is 190 Å². The van der Waals surface area contributed by atoms with Crippen LogP contribution in [-0.4, -0.2) is 58.0 Å². The van der Waals surface area contributed by atoms with Crippen molar-refractivity contribution in [2.75, 3.05) is 49.6 Å². The van der Waals surface area contributed by atoms with E-state index < -0.39 is 10.0 Å². The van der Waals surface area contributed by atoms with Crippen molar-refractivity contribution in [3.8, 4) is 0 Å². The number of carbonyl (C=O) groups excluding carboxylic acids is 1. The number of hydrogen-bond donors (Lipinski definition) is 1. The highest BCUT2D eigenvalue weighted by molar-refractivity contribution is 7.89. The van der Waals surface area contributed by atoms with Gasteiger partial charge in [0.15, 0.2) is 0 Å². The average Bonchev–Trinajstić information content (AvgIpc) is 2.79. The lowest BCUT2D eigenvalue weighted by Crippen LogP contribution is -2.38. The van der Waals surface area contributed by atoms with Gasteiger partial charge in [0.1, 0.15) is 0 Å². The zero-order valence-corrected chi connectivity index (χ0v) is 19.6. The Morgan fingerprint density at radius 2 is 1.56 bits per heavy atom. The van der Waals surface area contributed by atoms with Crippen molar-refractivity contribution in [1.82, 2.24) is 4.31 Å². The molecule has 0 saturated carbocycles. The van der Waals surface area contributed by atoms with Crippen LogP contribution in [0.25, 0.3) is 0 Å². The molecule has 32 heavy (non-hydrogen) atoms. The number of anilines is 2. The van der Waals surface area contributed by atoms with Gasteiger partial charge in [-0.3, -0.25) is 4.79 Å². The van der Waals surface area contributed by atoms with Crippen LogP contribution < -0.4 is 10.2 Å². The largest absolute Gasteiger partial charge is 0.378 e. The highest BCUT2D eigenvalue weighted by Gasteiger charge is 2.28. The summed E-state index contributed by atoms with van der Waals surface area (Å²) < 4.78 is 33.5. The zero-order valence-electron chi connectivity index (χ0n) is 18.8. The molecule has 2 heterocycles. The first-order chi connectivity index (χ1) is 15.3. The zero-order chi connectivity index (χ0) is 22.7. The normalized spacial score (nSPS) is 17.9. The molecule has 1 N–H and O–H groups in total. The van der Waals surface area contributed by atoms with E-state index in [0.29, 0.717) is 50.6 Å².